The Morgan fingerprint density at radius 1 is 1.29 bits per heavy atom. The number of halogens is 1. The van der Waals surface area contributed by atoms with Crippen LogP contribution in [0.1, 0.15) is 38.2 Å². The molecule has 7 heteroatoms. The zero-order chi connectivity index (χ0) is 20.3. The fourth-order valence-corrected chi connectivity index (χ4v) is 4.13. The van der Waals surface area contributed by atoms with E-state index in [0.717, 1.165) is 38.5 Å². The maximum atomic E-state index is 13.2. The van der Waals surface area contributed by atoms with Gasteiger partial charge in [-0.05, 0) is 57.8 Å². The van der Waals surface area contributed by atoms with E-state index in [2.05, 4.69) is 4.90 Å². The third kappa shape index (κ3) is 4.70. The summed E-state index contributed by atoms with van der Waals surface area (Å²) in [6.07, 6.45) is 2.47. The second-order valence-corrected chi connectivity index (χ2v) is 7.93. The summed E-state index contributed by atoms with van der Waals surface area (Å²) in [5, 5.41) is 27.7. The van der Waals surface area contributed by atoms with Crippen molar-refractivity contribution in [3.05, 3.63) is 29.6 Å². The molecule has 2 fully saturated rings. The normalized spacial score (nSPS) is 23.2. The third-order valence-corrected chi connectivity index (χ3v) is 6.09. The van der Waals surface area contributed by atoms with Crippen molar-refractivity contribution < 1.29 is 19.4 Å². The summed E-state index contributed by atoms with van der Waals surface area (Å²) in [6.45, 7) is 5.82. The first-order valence-corrected chi connectivity index (χ1v) is 10.2. The molecule has 3 rings (SSSR count). The number of amides is 1. The molecule has 1 amide bonds. The molecule has 28 heavy (non-hydrogen) atoms. The fourth-order valence-electron chi connectivity index (χ4n) is 4.13. The molecule has 0 atom stereocenters. The Kier molecular flexibility index (Phi) is 6.67. The summed E-state index contributed by atoms with van der Waals surface area (Å²) >= 11 is 0. The second kappa shape index (κ2) is 9.01. The monoisotopic (exact) mass is 391 g/mol. The standard InChI is InChI=1S/C21H30FN3O3/c1-2-25(21(28)15-11-17(26)12-15)10-9-24-7-5-14(6-8-24)20(23)18-4-3-16(22)13-19(18)27/h3-4,13-15,17,23,26-27H,2,5-12H2,1H3. The quantitative estimate of drug-likeness (QED) is 0.622. The van der Waals surface area contributed by atoms with Crippen LogP contribution in [0.4, 0.5) is 4.39 Å². The second-order valence-electron chi connectivity index (χ2n) is 7.93. The molecule has 154 valence electrons. The van der Waals surface area contributed by atoms with Gasteiger partial charge in [-0.2, -0.15) is 0 Å². The number of hydrogen-bond donors (Lipinski definition) is 3. The number of rotatable bonds is 7. The van der Waals surface area contributed by atoms with E-state index >= 15 is 0 Å². The Morgan fingerprint density at radius 2 is 1.96 bits per heavy atom. The van der Waals surface area contributed by atoms with Gasteiger partial charge in [-0.15, -0.1) is 0 Å². The molecule has 1 aromatic rings. The predicted molar refractivity (Wildman–Crippen MR) is 105 cm³/mol. The minimum Gasteiger partial charge on any atom is -0.507 e. The average Bonchev–Trinajstić information content (AvgIpc) is 2.66. The maximum absolute atomic E-state index is 13.2. The van der Waals surface area contributed by atoms with Gasteiger partial charge in [0.1, 0.15) is 11.6 Å². The minimum absolute atomic E-state index is 0.0236. The lowest BCUT2D eigenvalue weighted by Crippen LogP contribution is -2.47. The number of phenolic OH excluding ortho intramolecular Hbond substituents is 1. The van der Waals surface area contributed by atoms with Crippen molar-refractivity contribution in [3.8, 4) is 5.75 Å². The lowest BCUT2D eigenvalue weighted by Gasteiger charge is -2.37. The van der Waals surface area contributed by atoms with E-state index < -0.39 is 5.82 Å². The summed E-state index contributed by atoms with van der Waals surface area (Å²) in [5.74, 6) is -0.505. The van der Waals surface area contributed by atoms with Crippen LogP contribution in [0.25, 0.3) is 0 Å². The zero-order valence-electron chi connectivity index (χ0n) is 16.4. The smallest absolute Gasteiger partial charge is 0.225 e. The maximum Gasteiger partial charge on any atom is 0.225 e. The van der Waals surface area contributed by atoms with E-state index in [4.69, 9.17) is 5.41 Å². The topological polar surface area (TPSA) is 87.9 Å². The molecule has 1 aliphatic heterocycles. The Labute approximate surface area is 165 Å². The summed E-state index contributed by atoms with van der Waals surface area (Å²) in [4.78, 5) is 16.6. The van der Waals surface area contributed by atoms with Crippen molar-refractivity contribution in [2.75, 3.05) is 32.7 Å². The van der Waals surface area contributed by atoms with E-state index in [1.165, 1.54) is 12.1 Å². The van der Waals surface area contributed by atoms with Gasteiger partial charge in [0.15, 0.2) is 0 Å². The van der Waals surface area contributed by atoms with E-state index in [-0.39, 0.29) is 29.6 Å². The number of phenols is 1. The largest absolute Gasteiger partial charge is 0.507 e. The highest BCUT2D eigenvalue weighted by Gasteiger charge is 2.35. The molecule has 1 aliphatic carbocycles. The van der Waals surface area contributed by atoms with Crippen LogP contribution in [0.2, 0.25) is 0 Å². The summed E-state index contributed by atoms with van der Waals surface area (Å²) < 4.78 is 13.2. The summed E-state index contributed by atoms with van der Waals surface area (Å²) in [7, 11) is 0. The van der Waals surface area contributed by atoms with Crippen LogP contribution in [0, 0.1) is 23.1 Å². The number of benzene rings is 1. The van der Waals surface area contributed by atoms with Gasteiger partial charge in [-0.3, -0.25) is 4.79 Å². The number of likely N-dealkylation sites (tertiary alicyclic amines) is 1. The first-order chi connectivity index (χ1) is 13.4. The third-order valence-electron chi connectivity index (χ3n) is 6.09. The zero-order valence-corrected chi connectivity index (χ0v) is 16.4. The summed E-state index contributed by atoms with van der Waals surface area (Å²) in [5.41, 5.74) is 0.774. The number of likely N-dealkylation sites (N-methyl/N-ethyl adjacent to an activating group) is 1. The van der Waals surface area contributed by atoms with Crippen LogP contribution in [0.3, 0.4) is 0 Å². The van der Waals surface area contributed by atoms with Crippen LogP contribution < -0.4 is 0 Å². The molecule has 1 saturated carbocycles. The van der Waals surface area contributed by atoms with Gasteiger partial charge in [-0.1, -0.05) is 0 Å². The Bertz CT molecular complexity index is 713. The Morgan fingerprint density at radius 3 is 2.54 bits per heavy atom. The Hall–Kier alpha value is -1.99. The van der Waals surface area contributed by atoms with Crippen molar-refractivity contribution in [1.82, 2.24) is 9.80 Å². The van der Waals surface area contributed by atoms with Gasteiger partial charge >= 0.3 is 0 Å². The van der Waals surface area contributed by atoms with Crippen LogP contribution in [0.15, 0.2) is 18.2 Å². The number of aliphatic hydroxyl groups is 1. The molecule has 0 aromatic heterocycles. The molecule has 0 unspecified atom stereocenters. The number of aliphatic hydroxyl groups excluding tert-OH is 1. The average molecular weight is 391 g/mol. The molecule has 3 N–H and O–H groups in total. The van der Waals surface area contributed by atoms with Crippen LogP contribution in [-0.2, 0) is 4.79 Å². The molecule has 1 saturated heterocycles. The van der Waals surface area contributed by atoms with Crippen LogP contribution in [0.5, 0.6) is 5.75 Å². The van der Waals surface area contributed by atoms with Gasteiger partial charge in [0.25, 0.3) is 0 Å². The lowest BCUT2D eigenvalue weighted by molar-refractivity contribution is -0.142. The van der Waals surface area contributed by atoms with Crippen molar-refractivity contribution in [1.29, 1.82) is 5.41 Å². The molecule has 1 aromatic carbocycles. The summed E-state index contributed by atoms with van der Waals surface area (Å²) in [6, 6.07) is 3.80. The highest BCUT2D eigenvalue weighted by Crippen LogP contribution is 2.29. The van der Waals surface area contributed by atoms with Crippen LogP contribution >= 0.6 is 0 Å². The first-order valence-electron chi connectivity index (χ1n) is 10.2. The van der Waals surface area contributed by atoms with Gasteiger partial charge in [0, 0.05) is 48.8 Å². The number of hydrogen-bond acceptors (Lipinski definition) is 5. The lowest BCUT2D eigenvalue weighted by atomic mass is 9.81. The van der Waals surface area contributed by atoms with E-state index in [0.29, 0.717) is 37.2 Å². The van der Waals surface area contributed by atoms with Gasteiger partial charge in [0.2, 0.25) is 5.91 Å². The van der Waals surface area contributed by atoms with Crippen molar-refractivity contribution in [2.24, 2.45) is 11.8 Å². The highest BCUT2D eigenvalue weighted by molar-refractivity contribution is 6.02. The molecule has 0 spiro atoms. The van der Waals surface area contributed by atoms with E-state index in [1.807, 2.05) is 11.8 Å². The molecule has 1 heterocycles. The number of aromatic hydroxyl groups is 1. The molecule has 2 aliphatic rings. The van der Waals surface area contributed by atoms with Crippen molar-refractivity contribution >= 4 is 11.6 Å². The number of nitrogens with zero attached hydrogens (tertiary/aromatic N) is 2. The van der Waals surface area contributed by atoms with Gasteiger partial charge in [-0.25, -0.2) is 4.39 Å². The number of carbonyl (C=O) groups excluding carboxylic acids is 1. The first kappa shape index (κ1) is 20.7. The van der Waals surface area contributed by atoms with Gasteiger partial charge < -0.3 is 25.4 Å². The highest BCUT2D eigenvalue weighted by atomic mass is 19.1. The van der Waals surface area contributed by atoms with E-state index in [9.17, 15) is 19.4 Å². The minimum atomic E-state index is -0.504. The van der Waals surface area contributed by atoms with E-state index in [1.54, 1.807) is 0 Å². The van der Waals surface area contributed by atoms with Crippen molar-refractivity contribution in [3.63, 3.8) is 0 Å². The van der Waals surface area contributed by atoms with Gasteiger partial charge in [0.05, 0.1) is 6.10 Å². The fraction of sp³-hybridized carbons (Fsp3) is 0.619. The predicted octanol–water partition coefficient (Wildman–Crippen LogP) is 2.23. The molecular formula is C21H30FN3O3. The Balaban J connectivity index is 1.46. The molecule has 0 radical (unpaired) electrons. The molecule has 6 nitrogen and oxygen atoms in total. The molecular weight excluding hydrogens is 361 g/mol. The van der Waals surface area contributed by atoms with Crippen molar-refractivity contribution in [2.45, 2.75) is 38.7 Å². The number of carbonyl (C=O) groups is 1. The molecule has 0 bridgehead atoms. The van der Waals surface area contributed by atoms with Crippen LogP contribution in [-0.4, -0.2) is 70.5 Å². The SMILES string of the molecule is CCN(CCN1CCC(C(=N)c2ccc(F)cc2O)CC1)C(=O)C1CC(O)C1. The number of piperidine rings is 1. The number of nitrogens with one attached hydrogen (secondary N) is 1.